The van der Waals surface area contributed by atoms with Crippen molar-refractivity contribution in [3.8, 4) is 0 Å². The van der Waals surface area contributed by atoms with Crippen molar-refractivity contribution in [1.82, 2.24) is 4.90 Å². The van der Waals surface area contributed by atoms with E-state index in [0.29, 0.717) is 16.8 Å². The maximum absolute atomic E-state index is 13.7. The fourth-order valence-electron chi connectivity index (χ4n) is 3.09. The number of anilines is 1. The number of nitrogens with zero attached hydrogens (tertiary/aromatic N) is 2. The summed E-state index contributed by atoms with van der Waals surface area (Å²) in [6.45, 7) is 0.0703. The Bertz CT molecular complexity index is 914. The van der Waals surface area contributed by atoms with E-state index in [1.807, 2.05) is 0 Å². The predicted molar refractivity (Wildman–Crippen MR) is 93.5 cm³/mol. The van der Waals surface area contributed by atoms with Gasteiger partial charge in [0.25, 0.3) is 11.8 Å². The molecule has 2 aliphatic heterocycles. The number of imide groups is 1. The van der Waals surface area contributed by atoms with Crippen LogP contribution in [0.15, 0.2) is 46.9 Å². The van der Waals surface area contributed by atoms with Gasteiger partial charge in [-0.05, 0) is 46.3 Å². The first kappa shape index (κ1) is 16.7. The van der Waals surface area contributed by atoms with E-state index in [-0.39, 0.29) is 17.6 Å². The molecule has 0 radical (unpaired) electrons. The van der Waals surface area contributed by atoms with E-state index in [1.54, 1.807) is 30.3 Å². The van der Waals surface area contributed by atoms with Gasteiger partial charge in [-0.15, -0.1) is 0 Å². The van der Waals surface area contributed by atoms with Crippen LogP contribution in [0.2, 0.25) is 0 Å². The van der Waals surface area contributed by atoms with Gasteiger partial charge in [-0.3, -0.25) is 19.4 Å². The van der Waals surface area contributed by atoms with E-state index >= 15 is 0 Å². The molecular formula is C18H12BrFN2O4. The zero-order valence-electron chi connectivity index (χ0n) is 13.3. The molecule has 1 fully saturated rings. The van der Waals surface area contributed by atoms with Crippen molar-refractivity contribution >= 4 is 39.5 Å². The second-order valence-corrected chi connectivity index (χ2v) is 6.84. The highest BCUT2D eigenvalue weighted by Crippen LogP contribution is 2.28. The van der Waals surface area contributed by atoms with E-state index in [2.05, 4.69) is 15.9 Å². The number of hydrogen-bond acceptors (Lipinski definition) is 4. The molecule has 0 bridgehead atoms. The summed E-state index contributed by atoms with van der Waals surface area (Å²) >= 11 is 3.06. The third kappa shape index (κ3) is 2.66. The maximum atomic E-state index is 13.7. The van der Waals surface area contributed by atoms with Gasteiger partial charge in [-0.2, -0.15) is 0 Å². The molecule has 4 rings (SSSR count). The molecule has 0 spiro atoms. The molecule has 2 aromatic carbocycles. The van der Waals surface area contributed by atoms with Gasteiger partial charge < -0.3 is 4.74 Å². The molecule has 1 atom stereocenters. The largest absolute Gasteiger partial charge is 0.442 e. The average Bonchev–Trinajstić information content (AvgIpc) is 3.11. The van der Waals surface area contributed by atoms with Gasteiger partial charge in [0.15, 0.2) is 0 Å². The number of ether oxygens (including phenoxy) is 1. The van der Waals surface area contributed by atoms with E-state index in [0.717, 1.165) is 4.90 Å². The first-order chi connectivity index (χ1) is 12.5. The van der Waals surface area contributed by atoms with Crippen LogP contribution < -0.4 is 4.90 Å². The highest BCUT2D eigenvalue weighted by atomic mass is 79.9. The van der Waals surface area contributed by atoms with Crippen LogP contribution in [0.25, 0.3) is 0 Å². The lowest BCUT2D eigenvalue weighted by Crippen LogP contribution is -2.38. The first-order valence-electron chi connectivity index (χ1n) is 7.84. The summed E-state index contributed by atoms with van der Waals surface area (Å²) < 4.78 is 19.3. The fraction of sp³-hybridized carbons (Fsp3) is 0.167. The monoisotopic (exact) mass is 418 g/mol. The number of carbonyl (C=O) groups excluding carboxylic acids is 3. The lowest BCUT2D eigenvalue weighted by atomic mass is 10.1. The van der Waals surface area contributed by atoms with Crippen LogP contribution in [0.4, 0.5) is 14.9 Å². The minimum absolute atomic E-state index is 0.0480. The second-order valence-electron chi connectivity index (χ2n) is 5.98. The van der Waals surface area contributed by atoms with Crippen molar-refractivity contribution in [2.45, 2.75) is 6.10 Å². The third-order valence-electron chi connectivity index (χ3n) is 4.35. The smallest absolute Gasteiger partial charge is 0.414 e. The fourth-order valence-corrected chi connectivity index (χ4v) is 3.34. The number of benzene rings is 2. The minimum Gasteiger partial charge on any atom is -0.442 e. The summed E-state index contributed by atoms with van der Waals surface area (Å²) in [4.78, 5) is 39.3. The molecule has 0 aliphatic carbocycles. The van der Waals surface area contributed by atoms with Gasteiger partial charge in [0.2, 0.25) is 0 Å². The molecule has 3 amide bonds. The highest BCUT2D eigenvalue weighted by Gasteiger charge is 2.40. The zero-order valence-corrected chi connectivity index (χ0v) is 14.9. The molecule has 2 heterocycles. The summed E-state index contributed by atoms with van der Waals surface area (Å²) in [7, 11) is 0. The van der Waals surface area contributed by atoms with Crippen LogP contribution in [0, 0.1) is 5.82 Å². The number of amides is 3. The van der Waals surface area contributed by atoms with Crippen LogP contribution in [0.1, 0.15) is 20.7 Å². The number of halogens is 2. The van der Waals surface area contributed by atoms with E-state index in [9.17, 15) is 18.8 Å². The Morgan fingerprint density at radius 1 is 1.08 bits per heavy atom. The van der Waals surface area contributed by atoms with Crippen LogP contribution >= 0.6 is 15.9 Å². The number of hydrogen-bond donors (Lipinski definition) is 0. The summed E-state index contributed by atoms with van der Waals surface area (Å²) in [5.74, 6) is -1.32. The average molecular weight is 419 g/mol. The van der Waals surface area contributed by atoms with Crippen LogP contribution in [0.3, 0.4) is 0 Å². The molecular weight excluding hydrogens is 407 g/mol. The van der Waals surface area contributed by atoms with Crippen molar-refractivity contribution < 1.29 is 23.5 Å². The number of rotatable bonds is 3. The Kier molecular flexibility index (Phi) is 3.99. The molecule has 0 saturated carbocycles. The SMILES string of the molecule is O=C1c2ccccc2C(=O)N1C[C@H]1CN(c2ccc(Br)c(F)c2)C(=O)O1. The van der Waals surface area contributed by atoms with E-state index in [4.69, 9.17) is 4.74 Å². The minimum atomic E-state index is -0.684. The van der Waals surface area contributed by atoms with Crippen molar-refractivity contribution in [3.63, 3.8) is 0 Å². The van der Waals surface area contributed by atoms with Gasteiger partial charge in [-0.1, -0.05) is 12.1 Å². The summed E-state index contributed by atoms with van der Waals surface area (Å²) in [6.07, 6.45) is -1.33. The molecule has 0 unspecified atom stereocenters. The summed E-state index contributed by atoms with van der Waals surface area (Å²) in [5.41, 5.74) is 1.03. The Morgan fingerprint density at radius 2 is 1.73 bits per heavy atom. The normalized spacial score (nSPS) is 19.2. The molecule has 0 N–H and O–H groups in total. The van der Waals surface area contributed by atoms with E-state index in [1.165, 1.54) is 17.0 Å². The van der Waals surface area contributed by atoms with Crippen molar-refractivity contribution in [3.05, 3.63) is 63.9 Å². The van der Waals surface area contributed by atoms with E-state index < -0.39 is 29.8 Å². The van der Waals surface area contributed by atoms with Gasteiger partial charge >= 0.3 is 6.09 Å². The second kappa shape index (κ2) is 6.21. The summed E-state index contributed by atoms with van der Waals surface area (Å²) in [6, 6.07) is 10.9. The highest BCUT2D eigenvalue weighted by molar-refractivity contribution is 9.10. The maximum Gasteiger partial charge on any atom is 0.414 e. The van der Waals surface area contributed by atoms with Gasteiger partial charge in [-0.25, -0.2) is 9.18 Å². The summed E-state index contributed by atoms with van der Waals surface area (Å²) in [5, 5.41) is 0. The third-order valence-corrected chi connectivity index (χ3v) is 5.00. The number of carbonyl (C=O) groups is 3. The van der Waals surface area contributed by atoms with Gasteiger partial charge in [0.1, 0.15) is 11.9 Å². The molecule has 6 nitrogen and oxygen atoms in total. The van der Waals surface area contributed by atoms with Gasteiger partial charge in [0.05, 0.1) is 34.4 Å². The number of fused-ring (bicyclic) bond motifs is 1. The standard InChI is InChI=1S/C18H12BrFN2O4/c19-14-6-5-10(7-15(14)20)21-8-11(26-18(21)25)9-22-16(23)12-3-1-2-4-13(12)17(22)24/h1-7,11H,8-9H2/t11-/m1/s1. The molecule has 1 saturated heterocycles. The Labute approximate surface area is 156 Å². The van der Waals surface area contributed by atoms with Crippen LogP contribution in [-0.2, 0) is 4.74 Å². The molecule has 8 heteroatoms. The zero-order chi connectivity index (χ0) is 18.4. The quantitative estimate of drug-likeness (QED) is 0.717. The van der Waals surface area contributed by atoms with Gasteiger partial charge in [0, 0.05) is 0 Å². The molecule has 2 aromatic rings. The molecule has 2 aliphatic rings. The topological polar surface area (TPSA) is 66.9 Å². The molecule has 26 heavy (non-hydrogen) atoms. The number of cyclic esters (lactones) is 1. The Hall–Kier alpha value is -2.74. The predicted octanol–water partition coefficient (Wildman–Crippen LogP) is 3.21. The Morgan fingerprint density at radius 3 is 2.35 bits per heavy atom. The van der Waals surface area contributed by atoms with Crippen molar-refractivity contribution in [1.29, 1.82) is 0 Å². The first-order valence-corrected chi connectivity index (χ1v) is 8.63. The van der Waals surface area contributed by atoms with Crippen molar-refractivity contribution in [2.24, 2.45) is 0 Å². The molecule has 0 aromatic heterocycles. The lowest BCUT2D eigenvalue weighted by molar-refractivity contribution is 0.0558. The lowest BCUT2D eigenvalue weighted by Gasteiger charge is -2.17. The van der Waals surface area contributed by atoms with Crippen LogP contribution in [-0.4, -0.2) is 42.0 Å². The Balaban J connectivity index is 1.51. The molecule has 132 valence electrons. The van der Waals surface area contributed by atoms with Crippen molar-refractivity contribution in [2.75, 3.05) is 18.0 Å². The van der Waals surface area contributed by atoms with Crippen LogP contribution in [0.5, 0.6) is 0 Å².